The minimum Gasteiger partial charge on any atom is -0.539 e. The van der Waals surface area contributed by atoms with E-state index in [0.717, 1.165) is 5.75 Å². The van der Waals surface area contributed by atoms with Crippen molar-refractivity contribution in [2.75, 3.05) is 13.2 Å². The third kappa shape index (κ3) is 7.49. The van der Waals surface area contributed by atoms with Crippen LogP contribution in [0.5, 0.6) is 5.75 Å². The predicted octanol–water partition coefficient (Wildman–Crippen LogP) is 2.03. The minimum absolute atomic E-state index is 0.0259. The van der Waals surface area contributed by atoms with Gasteiger partial charge in [-0.25, -0.2) is 0 Å². The van der Waals surface area contributed by atoms with E-state index in [4.69, 9.17) is 14.4 Å². The van der Waals surface area contributed by atoms with Gasteiger partial charge in [0.2, 0.25) is 0 Å². The maximum atomic E-state index is 8.38. The van der Waals surface area contributed by atoms with Crippen molar-refractivity contribution in [2.24, 2.45) is 0 Å². The Balaban J connectivity index is 0.000000225. The molecule has 0 radical (unpaired) electrons. The summed E-state index contributed by atoms with van der Waals surface area (Å²) < 4.78 is 10.1. The molecule has 0 spiro atoms. The Morgan fingerprint density at radius 3 is 1.83 bits per heavy atom. The highest BCUT2D eigenvalue weighted by molar-refractivity contribution is 6.19. The molecule has 94 valence electrons. The van der Waals surface area contributed by atoms with Crippen LogP contribution < -0.4 is 4.65 Å². The highest BCUT2D eigenvalue weighted by Gasteiger charge is 1.93. The van der Waals surface area contributed by atoms with E-state index in [2.05, 4.69) is 0 Å². The van der Waals surface area contributed by atoms with Gasteiger partial charge in [-0.05, 0) is 12.1 Å². The molecular formula is C14H17BO3. The van der Waals surface area contributed by atoms with E-state index in [-0.39, 0.29) is 14.3 Å². The number of rotatable bonds is 5. The Morgan fingerprint density at radius 2 is 1.33 bits per heavy atom. The van der Waals surface area contributed by atoms with Crippen molar-refractivity contribution < 1.29 is 14.4 Å². The molecule has 0 unspecified atom stereocenters. The van der Waals surface area contributed by atoms with Crippen LogP contribution in [0.2, 0.25) is 0 Å². The van der Waals surface area contributed by atoms with E-state index < -0.39 is 0 Å². The predicted molar refractivity (Wildman–Crippen MR) is 73.7 cm³/mol. The molecule has 1 N–H and O–H groups in total. The van der Waals surface area contributed by atoms with E-state index in [1.807, 2.05) is 66.7 Å². The van der Waals surface area contributed by atoms with Gasteiger partial charge in [0, 0.05) is 0 Å². The average Bonchev–Trinajstić information content (AvgIpc) is 2.47. The van der Waals surface area contributed by atoms with Gasteiger partial charge in [0.25, 0.3) is 0 Å². The van der Waals surface area contributed by atoms with E-state index in [9.17, 15) is 0 Å². The number of hydrogen-bond donors (Lipinski definition) is 1. The number of aliphatic hydroxyl groups excluding tert-OH is 1. The van der Waals surface area contributed by atoms with Gasteiger partial charge < -0.3 is 14.4 Å². The molecule has 0 aliphatic carbocycles. The van der Waals surface area contributed by atoms with Gasteiger partial charge in [-0.2, -0.15) is 0 Å². The summed E-state index contributed by atoms with van der Waals surface area (Å²) in [5, 5.41) is 8.38. The van der Waals surface area contributed by atoms with Gasteiger partial charge in [-0.3, -0.25) is 0 Å². The van der Waals surface area contributed by atoms with Crippen LogP contribution in [0.15, 0.2) is 66.7 Å². The molecule has 2 rings (SSSR count). The van der Waals surface area contributed by atoms with Crippen molar-refractivity contribution in [3.63, 3.8) is 0 Å². The molecule has 0 bridgehead atoms. The molecular weight excluding hydrogens is 227 g/mol. The first-order valence-electron chi connectivity index (χ1n) is 5.80. The van der Waals surface area contributed by atoms with Crippen LogP contribution in [0.25, 0.3) is 0 Å². The van der Waals surface area contributed by atoms with Crippen LogP contribution in [0.3, 0.4) is 0 Å². The molecule has 2 aromatic rings. The Bertz CT molecular complexity index is 354. The zero-order valence-corrected chi connectivity index (χ0v) is 10.2. The molecule has 0 fully saturated rings. The topological polar surface area (TPSA) is 38.7 Å². The zero-order valence-electron chi connectivity index (χ0n) is 10.2. The molecule has 0 saturated heterocycles. The second-order valence-electron chi connectivity index (χ2n) is 3.36. The highest BCUT2D eigenvalue weighted by atomic mass is 16.6. The summed E-state index contributed by atoms with van der Waals surface area (Å²) in [6, 6.07) is 21.4. The molecule has 0 amide bonds. The van der Waals surface area contributed by atoms with Crippen LogP contribution in [0.1, 0.15) is 0 Å². The zero-order chi connectivity index (χ0) is 12.9. The summed E-state index contributed by atoms with van der Waals surface area (Å²) in [5.41, 5.74) is 0. The highest BCUT2D eigenvalue weighted by Crippen LogP contribution is 2.06. The normalized spacial score (nSPS) is 8.94. The van der Waals surface area contributed by atoms with Crippen molar-refractivity contribution in [1.29, 1.82) is 0 Å². The van der Waals surface area contributed by atoms with Crippen molar-refractivity contribution >= 4 is 7.69 Å². The second-order valence-corrected chi connectivity index (χ2v) is 3.36. The monoisotopic (exact) mass is 244 g/mol. The van der Waals surface area contributed by atoms with Gasteiger partial charge in [0.15, 0.2) is 0 Å². The van der Waals surface area contributed by atoms with Crippen molar-refractivity contribution in [2.45, 2.75) is 0 Å². The smallest absolute Gasteiger partial charge is 0.506 e. The lowest BCUT2D eigenvalue weighted by Crippen LogP contribution is -2.10. The number of hydrogen-bond acceptors (Lipinski definition) is 3. The summed E-state index contributed by atoms with van der Waals surface area (Å²) in [6.45, 7) is 0.338. The molecule has 2 aromatic carbocycles. The standard InChI is InChI=1S/C8H11BO3.C6H6/c10-6-7-11-9-12-8-4-2-1-3-5-8;1-2-4-6-5-3-1/h1-5,9-10H,6-7H2;1-6H. The first kappa shape index (κ1) is 14.3. The summed E-state index contributed by atoms with van der Waals surface area (Å²) in [7, 11) is 0.185. The average molecular weight is 244 g/mol. The summed E-state index contributed by atoms with van der Waals surface area (Å²) in [6.07, 6.45) is 0. The largest absolute Gasteiger partial charge is 0.539 e. The second kappa shape index (κ2) is 10.4. The van der Waals surface area contributed by atoms with Crippen LogP contribution in [0, 0.1) is 0 Å². The van der Waals surface area contributed by atoms with Crippen LogP contribution >= 0.6 is 0 Å². The van der Waals surface area contributed by atoms with Gasteiger partial charge in [-0.15, -0.1) is 0 Å². The SMILES string of the molecule is OCCOBOc1ccccc1.c1ccccc1. The summed E-state index contributed by atoms with van der Waals surface area (Å²) >= 11 is 0. The van der Waals surface area contributed by atoms with E-state index in [0.29, 0.717) is 6.61 Å². The fraction of sp³-hybridized carbons (Fsp3) is 0.143. The van der Waals surface area contributed by atoms with Gasteiger partial charge in [0.05, 0.1) is 13.2 Å². The van der Waals surface area contributed by atoms with Crippen LogP contribution in [-0.4, -0.2) is 26.0 Å². The molecule has 4 heteroatoms. The van der Waals surface area contributed by atoms with E-state index in [1.54, 1.807) is 0 Å². The fourth-order valence-corrected chi connectivity index (χ4v) is 1.13. The molecule has 0 aliphatic heterocycles. The summed E-state index contributed by atoms with van der Waals surface area (Å²) in [4.78, 5) is 0. The number of para-hydroxylation sites is 1. The van der Waals surface area contributed by atoms with Gasteiger partial charge in [0.1, 0.15) is 5.75 Å². The van der Waals surface area contributed by atoms with E-state index >= 15 is 0 Å². The van der Waals surface area contributed by atoms with Crippen molar-refractivity contribution in [3.05, 3.63) is 66.7 Å². The lowest BCUT2D eigenvalue weighted by molar-refractivity contribution is 0.192. The quantitative estimate of drug-likeness (QED) is 0.646. The van der Waals surface area contributed by atoms with E-state index in [1.165, 1.54) is 0 Å². The van der Waals surface area contributed by atoms with Crippen molar-refractivity contribution in [3.8, 4) is 5.75 Å². The third-order valence-corrected chi connectivity index (χ3v) is 1.95. The third-order valence-electron chi connectivity index (χ3n) is 1.95. The molecule has 0 heterocycles. The Hall–Kier alpha value is -1.78. The first-order valence-corrected chi connectivity index (χ1v) is 5.80. The van der Waals surface area contributed by atoms with Crippen molar-refractivity contribution in [1.82, 2.24) is 0 Å². The fourth-order valence-electron chi connectivity index (χ4n) is 1.13. The minimum atomic E-state index is 0.0259. The Labute approximate surface area is 108 Å². The molecule has 3 nitrogen and oxygen atoms in total. The lowest BCUT2D eigenvalue weighted by Gasteiger charge is -2.03. The maximum Gasteiger partial charge on any atom is 0.506 e. The number of benzene rings is 2. The maximum absolute atomic E-state index is 8.38. The van der Waals surface area contributed by atoms with Gasteiger partial charge in [-0.1, -0.05) is 54.6 Å². The molecule has 0 aliphatic rings. The Kier molecular flexibility index (Phi) is 8.24. The molecule has 18 heavy (non-hydrogen) atoms. The van der Waals surface area contributed by atoms with Crippen LogP contribution in [0.4, 0.5) is 0 Å². The first-order chi connectivity index (χ1) is 8.93. The number of aliphatic hydroxyl groups is 1. The Morgan fingerprint density at radius 1 is 0.833 bits per heavy atom. The summed E-state index contributed by atoms with van der Waals surface area (Å²) in [5.74, 6) is 0.774. The molecule has 0 saturated carbocycles. The van der Waals surface area contributed by atoms with Crippen LogP contribution in [-0.2, 0) is 4.65 Å². The molecule has 0 aromatic heterocycles. The molecule has 0 atom stereocenters. The lowest BCUT2D eigenvalue weighted by atomic mass is 10.3. The van der Waals surface area contributed by atoms with Gasteiger partial charge >= 0.3 is 7.69 Å².